The van der Waals surface area contributed by atoms with Gasteiger partial charge in [0.15, 0.2) is 0 Å². The van der Waals surface area contributed by atoms with E-state index in [1.807, 2.05) is 17.5 Å². The topological polar surface area (TPSA) is 12.0 Å². The van der Waals surface area contributed by atoms with Gasteiger partial charge in [0.2, 0.25) is 0 Å². The minimum Gasteiger partial charge on any atom is -0.310 e. The predicted octanol–water partition coefficient (Wildman–Crippen LogP) is 5.59. The molecule has 1 nitrogen and oxygen atoms in total. The molecule has 1 heterocycles. The van der Waals surface area contributed by atoms with E-state index in [1.54, 1.807) is 17.4 Å². The Bertz CT molecular complexity index is 573. The first-order chi connectivity index (χ1) is 9.63. The SMILES string of the molecule is CCCNC(Cc1sccc1Br)c1cccc(F)c1Cl. The van der Waals surface area contributed by atoms with E-state index in [0.29, 0.717) is 0 Å². The van der Waals surface area contributed by atoms with Gasteiger partial charge < -0.3 is 5.32 Å². The van der Waals surface area contributed by atoms with Crippen LogP contribution in [-0.2, 0) is 6.42 Å². The Morgan fingerprint density at radius 1 is 1.40 bits per heavy atom. The van der Waals surface area contributed by atoms with Crippen molar-refractivity contribution in [3.63, 3.8) is 0 Å². The van der Waals surface area contributed by atoms with Crippen LogP contribution >= 0.6 is 38.9 Å². The van der Waals surface area contributed by atoms with Crippen molar-refractivity contribution in [1.29, 1.82) is 0 Å². The van der Waals surface area contributed by atoms with Gasteiger partial charge in [0.25, 0.3) is 0 Å². The van der Waals surface area contributed by atoms with Gasteiger partial charge in [0.1, 0.15) is 5.82 Å². The van der Waals surface area contributed by atoms with Gasteiger partial charge in [-0.15, -0.1) is 11.3 Å². The first-order valence-electron chi connectivity index (χ1n) is 6.52. The van der Waals surface area contributed by atoms with E-state index in [0.717, 1.165) is 29.4 Å². The number of nitrogens with one attached hydrogen (secondary N) is 1. The van der Waals surface area contributed by atoms with Crippen LogP contribution in [0.3, 0.4) is 0 Å². The molecule has 20 heavy (non-hydrogen) atoms. The highest BCUT2D eigenvalue weighted by molar-refractivity contribution is 9.10. The third-order valence-corrected chi connectivity index (χ3v) is 5.43. The molecule has 1 aromatic carbocycles. The quantitative estimate of drug-likeness (QED) is 0.693. The fourth-order valence-electron chi connectivity index (χ4n) is 2.06. The van der Waals surface area contributed by atoms with Crippen LogP contribution in [0.2, 0.25) is 5.02 Å². The summed E-state index contributed by atoms with van der Waals surface area (Å²) in [5, 5.41) is 5.72. The number of rotatable bonds is 6. The lowest BCUT2D eigenvalue weighted by atomic mass is 10.0. The van der Waals surface area contributed by atoms with E-state index < -0.39 is 0 Å². The van der Waals surface area contributed by atoms with Crippen molar-refractivity contribution in [2.24, 2.45) is 0 Å². The Balaban J connectivity index is 2.27. The molecule has 0 aliphatic rings. The van der Waals surface area contributed by atoms with Crippen LogP contribution < -0.4 is 5.32 Å². The molecule has 0 saturated heterocycles. The number of halogens is 3. The molecule has 108 valence electrons. The zero-order valence-corrected chi connectivity index (χ0v) is 14.3. The summed E-state index contributed by atoms with van der Waals surface area (Å²) in [5.41, 5.74) is 0.820. The first-order valence-corrected chi connectivity index (χ1v) is 8.57. The lowest BCUT2D eigenvalue weighted by Gasteiger charge is -2.20. The maximum absolute atomic E-state index is 13.7. The summed E-state index contributed by atoms with van der Waals surface area (Å²) in [6, 6.07) is 7.04. The maximum Gasteiger partial charge on any atom is 0.142 e. The summed E-state index contributed by atoms with van der Waals surface area (Å²) in [4.78, 5) is 1.24. The van der Waals surface area contributed by atoms with Crippen LogP contribution in [0.15, 0.2) is 34.1 Å². The molecule has 0 fully saturated rings. The summed E-state index contributed by atoms with van der Waals surface area (Å²) in [6.07, 6.45) is 1.82. The molecule has 1 N–H and O–H groups in total. The lowest BCUT2D eigenvalue weighted by Crippen LogP contribution is -2.24. The normalized spacial score (nSPS) is 12.6. The second kappa shape index (κ2) is 7.55. The van der Waals surface area contributed by atoms with E-state index in [1.165, 1.54) is 10.9 Å². The zero-order chi connectivity index (χ0) is 14.5. The molecule has 0 spiro atoms. The third-order valence-electron chi connectivity index (χ3n) is 3.08. The minimum absolute atomic E-state index is 0.0214. The van der Waals surface area contributed by atoms with Gasteiger partial charge >= 0.3 is 0 Å². The molecule has 0 amide bonds. The minimum atomic E-state index is -0.363. The number of thiophene rings is 1. The monoisotopic (exact) mass is 375 g/mol. The van der Waals surface area contributed by atoms with Crippen LogP contribution in [0.25, 0.3) is 0 Å². The molecular weight excluding hydrogens is 361 g/mol. The zero-order valence-electron chi connectivity index (χ0n) is 11.1. The Labute approximate surface area is 136 Å². The van der Waals surface area contributed by atoms with E-state index in [2.05, 4.69) is 28.2 Å². The van der Waals surface area contributed by atoms with Crippen molar-refractivity contribution in [1.82, 2.24) is 5.32 Å². The second-order valence-corrected chi connectivity index (χ2v) is 6.78. The lowest BCUT2D eigenvalue weighted by molar-refractivity contribution is 0.527. The fraction of sp³-hybridized carbons (Fsp3) is 0.333. The van der Waals surface area contributed by atoms with E-state index in [9.17, 15) is 4.39 Å². The molecule has 1 atom stereocenters. The average molecular weight is 377 g/mol. The summed E-state index contributed by atoms with van der Waals surface area (Å²) >= 11 is 11.4. The molecular formula is C15H16BrClFNS. The van der Waals surface area contributed by atoms with Crippen molar-refractivity contribution in [2.75, 3.05) is 6.54 Å². The van der Waals surface area contributed by atoms with Crippen LogP contribution in [0, 0.1) is 5.82 Å². The van der Waals surface area contributed by atoms with Crippen LogP contribution in [0.5, 0.6) is 0 Å². The molecule has 0 aliphatic carbocycles. The predicted molar refractivity (Wildman–Crippen MR) is 88.2 cm³/mol. The van der Waals surface area contributed by atoms with Gasteiger partial charge in [-0.05, 0) is 52.0 Å². The second-order valence-electron chi connectivity index (χ2n) is 4.55. The van der Waals surface area contributed by atoms with Crippen LogP contribution in [0.1, 0.15) is 29.8 Å². The number of hydrogen-bond acceptors (Lipinski definition) is 2. The highest BCUT2D eigenvalue weighted by Crippen LogP contribution is 2.32. The van der Waals surface area contributed by atoms with Crippen molar-refractivity contribution < 1.29 is 4.39 Å². The van der Waals surface area contributed by atoms with Gasteiger partial charge in [-0.3, -0.25) is 0 Å². The molecule has 2 aromatic rings. The molecule has 0 aliphatic heterocycles. The molecule has 0 radical (unpaired) electrons. The van der Waals surface area contributed by atoms with Gasteiger partial charge in [-0.1, -0.05) is 30.7 Å². The maximum atomic E-state index is 13.7. The molecule has 0 saturated carbocycles. The van der Waals surface area contributed by atoms with Gasteiger partial charge in [0.05, 0.1) is 5.02 Å². The van der Waals surface area contributed by atoms with E-state index in [-0.39, 0.29) is 16.9 Å². The largest absolute Gasteiger partial charge is 0.310 e. The van der Waals surface area contributed by atoms with Crippen molar-refractivity contribution in [3.05, 3.63) is 55.4 Å². The Kier molecular flexibility index (Phi) is 6.02. The summed E-state index contributed by atoms with van der Waals surface area (Å²) < 4.78 is 14.7. The molecule has 1 unspecified atom stereocenters. The molecule has 2 rings (SSSR count). The third kappa shape index (κ3) is 3.82. The molecule has 5 heteroatoms. The summed E-state index contributed by atoms with van der Waals surface area (Å²) in [5.74, 6) is -0.363. The highest BCUT2D eigenvalue weighted by Gasteiger charge is 2.18. The standard InChI is InChI=1S/C15H16BrClFNS/c1-2-7-19-13(9-14-11(16)6-8-20-14)10-4-3-5-12(18)15(10)17/h3-6,8,13,19H,2,7,9H2,1H3. The van der Waals surface area contributed by atoms with Crippen LogP contribution in [0.4, 0.5) is 4.39 Å². The average Bonchev–Trinajstić information content (AvgIpc) is 2.83. The summed E-state index contributed by atoms with van der Waals surface area (Å²) in [6.45, 7) is 2.98. The fourth-order valence-corrected chi connectivity index (χ4v) is 3.88. The van der Waals surface area contributed by atoms with Crippen molar-refractivity contribution >= 4 is 38.9 Å². The Hall–Kier alpha value is -0.420. The number of benzene rings is 1. The highest BCUT2D eigenvalue weighted by atomic mass is 79.9. The van der Waals surface area contributed by atoms with Gasteiger partial charge in [-0.25, -0.2) is 4.39 Å². The summed E-state index contributed by atoms with van der Waals surface area (Å²) in [7, 11) is 0. The Morgan fingerprint density at radius 2 is 2.20 bits per heavy atom. The smallest absolute Gasteiger partial charge is 0.142 e. The first kappa shape index (κ1) is 16.0. The van der Waals surface area contributed by atoms with Gasteiger partial charge in [0, 0.05) is 21.8 Å². The van der Waals surface area contributed by atoms with Crippen molar-refractivity contribution in [2.45, 2.75) is 25.8 Å². The Morgan fingerprint density at radius 3 is 2.85 bits per heavy atom. The van der Waals surface area contributed by atoms with Gasteiger partial charge in [-0.2, -0.15) is 0 Å². The van der Waals surface area contributed by atoms with E-state index in [4.69, 9.17) is 11.6 Å². The molecule has 0 bridgehead atoms. The van der Waals surface area contributed by atoms with Crippen molar-refractivity contribution in [3.8, 4) is 0 Å². The number of hydrogen-bond donors (Lipinski definition) is 1. The van der Waals surface area contributed by atoms with Crippen LogP contribution in [-0.4, -0.2) is 6.54 Å². The van der Waals surface area contributed by atoms with E-state index >= 15 is 0 Å². The molecule has 1 aromatic heterocycles.